The van der Waals surface area contributed by atoms with Crippen LogP contribution in [0.1, 0.15) is 12.7 Å². The lowest BCUT2D eigenvalue weighted by Crippen LogP contribution is -1.82. The summed E-state index contributed by atoms with van der Waals surface area (Å²) in [7, 11) is 0. The average Bonchev–Trinajstić information content (AvgIpc) is 2.72. The van der Waals surface area contributed by atoms with Gasteiger partial charge < -0.3 is 4.42 Å². The van der Waals surface area contributed by atoms with Gasteiger partial charge in [-0.25, -0.2) is 0 Å². The lowest BCUT2D eigenvalue weighted by Gasteiger charge is -1.93. The van der Waals surface area contributed by atoms with E-state index in [-0.39, 0.29) is 5.88 Å². The van der Waals surface area contributed by atoms with Crippen LogP contribution < -0.4 is 0 Å². The first kappa shape index (κ1) is 13.2. The van der Waals surface area contributed by atoms with Gasteiger partial charge >= 0.3 is 5.88 Å². The van der Waals surface area contributed by atoms with Gasteiger partial charge in [-0.15, -0.1) is 11.8 Å². The van der Waals surface area contributed by atoms with Gasteiger partial charge in [-0.2, -0.15) is 11.8 Å². The molecular formula is C10H13NO3S2. The molecule has 0 aliphatic carbocycles. The van der Waals surface area contributed by atoms with Crippen LogP contribution in [0.25, 0.3) is 6.08 Å². The predicted molar refractivity (Wildman–Crippen MR) is 69.9 cm³/mol. The van der Waals surface area contributed by atoms with Crippen LogP contribution in [0, 0.1) is 10.1 Å². The van der Waals surface area contributed by atoms with Crippen molar-refractivity contribution >= 4 is 35.5 Å². The third-order valence-electron chi connectivity index (χ3n) is 1.67. The molecule has 0 radical (unpaired) electrons. The Balaban J connectivity index is 2.30. The van der Waals surface area contributed by atoms with E-state index < -0.39 is 4.92 Å². The van der Waals surface area contributed by atoms with Crippen LogP contribution in [-0.4, -0.2) is 22.2 Å². The molecule has 1 heterocycles. The molecule has 1 aromatic rings. The van der Waals surface area contributed by atoms with E-state index in [1.165, 1.54) is 6.07 Å². The molecule has 0 spiro atoms. The van der Waals surface area contributed by atoms with Gasteiger partial charge in [0, 0.05) is 11.5 Å². The average molecular weight is 259 g/mol. The van der Waals surface area contributed by atoms with Gasteiger partial charge in [0.1, 0.15) is 10.7 Å². The number of nitro groups is 1. The molecule has 0 atom stereocenters. The molecule has 0 aliphatic rings. The SMILES string of the molecule is CCSCCS/C=C/c1ccc([N+](=O)[O-])o1. The molecule has 0 fully saturated rings. The predicted octanol–water partition coefficient (Wildman–Crippen LogP) is 3.64. The summed E-state index contributed by atoms with van der Waals surface area (Å²) in [6, 6.07) is 2.95. The molecule has 1 rings (SSSR count). The van der Waals surface area contributed by atoms with Gasteiger partial charge in [-0.05, 0) is 23.3 Å². The number of rotatable bonds is 7. The van der Waals surface area contributed by atoms with Crippen molar-refractivity contribution in [3.05, 3.63) is 33.4 Å². The van der Waals surface area contributed by atoms with Crippen molar-refractivity contribution in [3.63, 3.8) is 0 Å². The molecule has 0 aliphatic heterocycles. The highest BCUT2D eigenvalue weighted by atomic mass is 32.2. The van der Waals surface area contributed by atoms with Crippen LogP contribution >= 0.6 is 23.5 Å². The van der Waals surface area contributed by atoms with Crippen LogP contribution in [0.4, 0.5) is 5.88 Å². The molecule has 16 heavy (non-hydrogen) atoms. The van der Waals surface area contributed by atoms with E-state index in [0.29, 0.717) is 5.76 Å². The van der Waals surface area contributed by atoms with E-state index in [2.05, 4.69) is 6.92 Å². The summed E-state index contributed by atoms with van der Waals surface area (Å²) in [5, 5.41) is 12.2. The van der Waals surface area contributed by atoms with Crippen LogP contribution in [-0.2, 0) is 0 Å². The third kappa shape index (κ3) is 4.76. The fraction of sp³-hybridized carbons (Fsp3) is 0.400. The number of hydrogen-bond donors (Lipinski definition) is 0. The lowest BCUT2D eigenvalue weighted by atomic mass is 10.4. The summed E-state index contributed by atoms with van der Waals surface area (Å²) in [6.45, 7) is 2.13. The van der Waals surface area contributed by atoms with Gasteiger partial charge in [0.25, 0.3) is 0 Å². The maximum atomic E-state index is 10.3. The molecule has 0 unspecified atom stereocenters. The minimum absolute atomic E-state index is 0.216. The molecule has 4 nitrogen and oxygen atoms in total. The summed E-state index contributed by atoms with van der Waals surface area (Å²) in [4.78, 5) is 9.80. The van der Waals surface area contributed by atoms with E-state index >= 15 is 0 Å². The molecule has 0 aromatic carbocycles. The van der Waals surface area contributed by atoms with Crippen LogP contribution in [0.15, 0.2) is 22.0 Å². The van der Waals surface area contributed by atoms with E-state index in [4.69, 9.17) is 4.42 Å². The highest BCUT2D eigenvalue weighted by Crippen LogP contribution is 2.18. The molecule has 6 heteroatoms. The first-order valence-electron chi connectivity index (χ1n) is 4.84. The van der Waals surface area contributed by atoms with Gasteiger partial charge in [0.2, 0.25) is 0 Å². The molecule has 1 aromatic heterocycles. The van der Waals surface area contributed by atoms with E-state index in [9.17, 15) is 10.1 Å². The van der Waals surface area contributed by atoms with Crippen LogP contribution in [0.5, 0.6) is 0 Å². The molecular weight excluding hydrogens is 246 g/mol. The van der Waals surface area contributed by atoms with Gasteiger partial charge in [-0.1, -0.05) is 6.92 Å². The van der Waals surface area contributed by atoms with Crippen molar-refractivity contribution < 1.29 is 9.34 Å². The summed E-state index contributed by atoms with van der Waals surface area (Å²) >= 11 is 3.57. The molecule has 0 amide bonds. The van der Waals surface area contributed by atoms with Crippen LogP contribution in [0.3, 0.4) is 0 Å². The van der Waals surface area contributed by atoms with E-state index in [1.807, 2.05) is 17.2 Å². The lowest BCUT2D eigenvalue weighted by molar-refractivity contribution is -0.402. The van der Waals surface area contributed by atoms with Crippen molar-refractivity contribution in [1.82, 2.24) is 0 Å². The van der Waals surface area contributed by atoms with Gasteiger partial charge in [0.15, 0.2) is 0 Å². The van der Waals surface area contributed by atoms with Gasteiger partial charge in [0.05, 0.1) is 6.07 Å². The standard InChI is InChI=1S/C10H13NO3S2/c1-2-15-7-8-16-6-5-9-3-4-10(14-9)11(12)13/h3-6H,2,7-8H2,1H3/b6-5+. The Morgan fingerprint density at radius 1 is 1.50 bits per heavy atom. The number of furan rings is 1. The van der Waals surface area contributed by atoms with E-state index in [0.717, 1.165) is 17.3 Å². The normalized spacial score (nSPS) is 11.1. The zero-order chi connectivity index (χ0) is 11.8. The zero-order valence-electron chi connectivity index (χ0n) is 8.92. The minimum atomic E-state index is -0.539. The fourth-order valence-corrected chi connectivity index (χ4v) is 2.48. The quantitative estimate of drug-likeness (QED) is 0.425. The Labute approximate surface area is 103 Å². The fourth-order valence-electron chi connectivity index (χ4n) is 0.965. The highest BCUT2D eigenvalue weighted by molar-refractivity contribution is 8.04. The topological polar surface area (TPSA) is 56.3 Å². The van der Waals surface area contributed by atoms with Gasteiger partial charge in [-0.3, -0.25) is 10.1 Å². The highest BCUT2D eigenvalue weighted by Gasteiger charge is 2.09. The molecule has 0 saturated heterocycles. The second-order valence-corrected chi connectivity index (χ2v) is 5.21. The van der Waals surface area contributed by atoms with Crippen molar-refractivity contribution in [2.24, 2.45) is 0 Å². The minimum Gasteiger partial charge on any atom is -0.401 e. The number of nitrogens with zero attached hydrogens (tertiary/aromatic N) is 1. The zero-order valence-corrected chi connectivity index (χ0v) is 10.6. The second kappa shape index (κ2) is 7.40. The second-order valence-electron chi connectivity index (χ2n) is 2.80. The summed E-state index contributed by atoms with van der Waals surface area (Å²) in [5.41, 5.74) is 0. The van der Waals surface area contributed by atoms with E-state index in [1.54, 1.807) is 23.9 Å². The van der Waals surface area contributed by atoms with Crippen molar-refractivity contribution in [2.45, 2.75) is 6.92 Å². The van der Waals surface area contributed by atoms with Crippen molar-refractivity contribution in [1.29, 1.82) is 0 Å². The number of hydrogen-bond acceptors (Lipinski definition) is 5. The van der Waals surface area contributed by atoms with Crippen molar-refractivity contribution in [3.8, 4) is 0 Å². The van der Waals surface area contributed by atoms with Crippen LogP contribution in [0.2, 0.25) is 0 Å². The first-order chi connectivity index (χ1) is 7.74. The monoisotopic (exact) mass is 259 g/mol. The Morgan fingerprint density at radius 3 is 2.94 bits per heavy atom. The smallest absolute Gasteiger partial charge is 0.401 e. The number of thioether (sulfide) groups is 2. The maximum absolute atomic E-state index is 10.3. The molecule has 0 bridgehead atoms. The maximum Gasteiger partial charge on any atom is 0.433 e. The molecule has 0 N–H and O–H groups in total. The Morgan fingerprint density at radius 2 is 2.31 bits per heavy atom. The molecule has 88 valence electrons. The molecule has 0 saturated carbocycles. The Kier molecular flexibility index (Phi) is 6.10. The summed E-state index contributed by atoms with van der Waals surface area (Å²) < 4.78 is 4.97. The third-order valence-corrected chi connectivity index (χ3v) is 3.60. The largest absolute Gasteiger partial charge is 0.433 e. The van der Waals surface area contributed by atoms with Crippen molar-refractivity contribution in [2.75, 3.05) is 17.3 Å². The summed E-state index contributed by atoms with van der Waals surface area (Å²) in [6.07, 6.45) is 1.74. The Hall–Kier alpha value is -0.880. The summed E-state index contributed by atoms with van der Waals surface area (Å²) in [5.74, 6) is 3.59. The Bertz CT molecular complexity index is 363. The first-order valence-corrected chi connectivity index (χ1v) is 7.04.